The predicted octanol–water partition coefficient (Wildman–Crippen LogP) is 1.94. The largest absolute Gasteiger partial charge is 0.468 e. The first-order valence-corrected chi connectivity index (χ1v) is 10.9. The summed E-state index contributed by atoms with van der Waals surface area (Å²) >= 11 is 0. The van der Waals surface area contributed by atoms with Crippen molar-refractivity contribution < 1.29 is 21.3 Å². The van der Waals surface area contributed by atoms with Crippen LogP contribution in [0.15, 0.2) is 52.0 Å². The zero-order valence-corrected chi connectivity index (χ0v) is 15.7. The van der Waals surface area contributed by atoms with Crippen LogP contribution in [0.2, 0.25) is 0 Å². The fourth-order valence-electron chi connectivity index (χ4n) is 2.20. The molecule has 1 aromatic heterocycles. The number of furan rings is 1. The van der Waals surface area contributed by atoms with Crippen molar-refractivity contribution in [3.8, 4) is 0 Å². The third kappa shape index (κ3) is 5.15. The Morgan fingerprint density at radius 1 is 1.04 bits per heavy atom. The Morgan fingerprint density at radius 3 is 2.28 bits per heavy atom. The summed E-state index contributed by atoms with van der Waals surface area (Å²) in [6.45, 7) is 3.62. The molecule has 0 bridgehead atoms. The summed E-state index contributed by atoms with van der Waals surface area (Å²) in [7, 11) is -7.62. The Labute approximate surface area is 148 Å². The third-order valence-corrected chi connectivity index (χ3v) is 6.79. The van der Waals surface area contributed by atoms with Gasteiger partial charge in [0.25, 0.3) is 10.2 Å². The molecule has 0 saturated heterocycles. The first kappa shape index (κ1) is 19.6. The molecule has 9 heteroatoms. The Bertz CT molecular complexity index is 873. The van der Waals surface area contributed by atoms with Crippen LogP contribution in [-0.4, -0.2) is 29.9 Å². The Morgan fingerprint density at radius 2 is 1.72 bits per heavy atom. The normalized spacial score (nSPS) is 13.7. The number of hydrogen-bond acceptors (Lipinski definition) is 5. The smallest absolute Gasteiger partial charge is 0.276 e. The Hall–Kier alpha value is -1.68. The molecule has 1 aromatic carbocycles. The molecule has 25 heavy (non-hydrogen) atoms. The lowest BCUT2D eigenvalue weighted by molar-refractivity contribution is 0.486. The average Bonchev–Trinajstić information content (AvgIpc) is 3.07. The second-order valence-corrected chi connectivity index (χ2v) is 9.32. The monoisotopic (exact) mass is 386 g/mol. The molecule has 2 N–H and O–H groups in total. The van der Waals surface area contributed by atoms with E-state index >= 15 is 0 Å². The molecular formula is C16H22N2O5S2. The molecular weight excluding hydrogens is 364 g/mol. The van der Waals surface area contributed by atoms with Crippen molar-refractivity contribution in [1.29, 1.82) is 0 Å². The molecule has 0 radical (unpaired) electrons. The van der Waals surface area contributed by atoms with Gasteiger partial charge in [0, 0.05) is 13.1 Å². The van der Waals surface area contributed by atoms with E-state index in [0.29, 0.717) is 6.42 Å². The second-order valence-electron chi connectivity index (χ2n) is 5.61. The van der Waals surface area contributed by atoms with Gasteiger partial charge in [-0.15, -0.1) is 0 Å². The van der Waals surface area contributed by atoms with E-state index in [1.165, 1.54) is 24.5 Å². The molecule has 1 atom stereocenters. The molecule has 0 spiro atoms. The highest BCUT2D eigenvalue weighted by Crippen LogP contribution is 2.29. The quantitative estimate of drug-likeness (QED) is 0.685. The minimum Gasteiger partial charge on any atom is -0.468 e. The molecule has 0 saturated carbocycles. The van der Waals surface area contributed by atoms with E-state index in [4.69, 9.17) is 4.42 Å². The van der Waals surface area contributed by atoms with E-state index < -0.39 is 25.3 Å². The van der Waals surface area contributed by atoms with Crippen molar-refractivity contribution in [1.82, 2.24) is 9.44 Å². The van der Waals surface area contributed by atoms with Crippen LogP contribution in [0.25, 0.3) is 0 Å². The maximum absolute atomic E-state index is 13.0. The highest BCUT2D eigenvalue weighted by molar-refractivity contribution is 7.92. The molecule has 2 rings (SSSR count). The van der Waals surface area contributed by atoms with Gasteiger partial charge >= 0.3 is 0 Å². The number of rotatable bonds is 9. The van der Waals surface area contributed by atoms with Crippen LogP contribution < -0.4 is 9.44 Å². The number of aryl methyl sites for hydroxylation is 1. The predicted molar refractivity (Wildman–Crippen MR) is 95.0 cm³/mol. The summed E-state index contributed by atoms with van der Waals surface area (Å²) in [5.41, 5.74) is 0.929. The summed E-state index contributed by atoms with van der Waals surface area (Å²) in [6.07, 6.45) is 1.99. The fourth-order valence-corrected chi connectivity index (χ4v) is 4.86. The topological polar surface area (TPSA) is 105 Å². The zero-order valence-electron chi connectivity index (χ0n) is 14.1. The Balaban J connectivity index is 2.29. The molecule has 7 nitrogen and oxygen atoms in total. The molecule has 1 unspecified atom stereocenters. The van der Waals surface area contributed by atoms with Crippen LogP contribution in [-0.2, 0) is 20.0 Å². The van der Waals surface area contributed by atoms with Crippen molar-refractivity contribution in [2.75, 3.05) is 13.1 Å². The van der Waals surface area contributed by atoms with Crippen molar-refractivity contribution in [2.24, 2.45) is 0 Å². The number of sulfone groups is 1. The lowest BCUT2D eigenvalue weighted by Crippen LogP contribution is -2.40. The van der Waals surface area contributed by atoms with E-state index in [-0.39, 0.29) is 23.7 Å². The van der Waals surface area contributed by atoms with Gasteiger partial charge in [-0.25, -0.2) is 17.9 Å². The summed E-state index contributed by atoms with van der Waals surface area (Å²) in [6, 6.07) is 9.48. The van der Waals surface area contributed by atoms with Crippen molar-refractivity contribution >= 4 is 20.0 Å². The van der Waals surface area contributed by atoms with Crippen molar-refractivity contribution in [3.05, 3.63) is 54.0 Å². The zero-order chi connectivity index (χ0) is 18.5. The van der Waals surface area contributed by atoms with Gasteiger partial charge in [0.15, 0.2) is 9.84 Å². The van der Waals surface area contributed by atoms with Gasteiger partial charge < -0.3 is 4.42 Å². The fraction of sp³-hybridized carbons (Fsp3) is 0.375. The van der Waals surface area contributed by atoms with Crippen LogP contribution in [0, 0.1) is 6.92 Å². The summed E-state index contributed by atoms with van der Waals surface area (Å²) < 4.78 is 59.6. The van der Waals surface area contributed by atoms with Crippen LogP contribution in [0.5, 0.6) is 0 Å². The molecule has 0 fully saturated rings. The van der Waals surface area contributed by atoms with Crippen LogP contribution in [0.3, 0.4) is 0 Å². The standard InChI is InChI=1S/C16H22N2O5S2/c1-3-10-17-25(21,22)18-12-16(15-5-4-11-23-15)24(19,20)14-8-6-13(2)7-9-14/h4-9,11,16-18H,3,10,12H2,1-2H3. The average molecular weight is 386 g/mol. The lowest BCUT2D eigenvalue weighted by atomic mass is 10.2. The summed E-state index contributed by atoms with van der Waals surface area (Å²) in [5, 5.41) is -1.16. The molecule has 0 aliphatic heterocycles. The van der Waals surface area contributed by atoms with Crippen LogP contribution in [0.4, 0.5) is 0 Å². The second kappa shape index (κ2) is 8.13. The van der Waals surface area contributed by atoms with Crippen LogP contribution >= 0.6 is 0 Å². The first-order valence-electron chi connectivity index (χ1n) is 7.84. The highest BCUT2D eigenvalue weighted by atomic mass is 32.2. The molecule has 0 aliphatic rings. The van der Waals surface area contributed by atoms with E-state index in [1.54, 1.807) is 18.2 Å². The SMILES string of the molecule is CCCNS(=O)(=O)NCC(c1ccco1)S(=O)(=O)c1ccc(C)cc1. The summed E-state index contributed by atoms with van der Waals surface area (Å²) in [5.74, 6) is 0.179. The van der Waals surface area contributed by atoms with Gasteiger partial charge in [-0.2, -0.15) is 8.42 Å². The van der Waals surface area contributed by atoms with Gasteiger partial charge in [0.1, 0.15) is 11.0 Å². The first-order chi connectivity index (χ1) is 11.8. The highest BCUT2D eigenvalue weighted by Gasteiger charge is 2.32. The Kier molecular flexibility index (Phi) is 6.39. The van der Waals surface area contributed by atoms with Crippen molar-refractivity contribution in [3.63, 3.8) is 0 Å². The minimum atomic E-state index is -3.83. The molecule has 1 heterocycles. The van der Waals surface area contributed by atoms with Gasteiger partial charge in [0.2, 0.25) is 0 Å². The summed E-state index contributed by atoms with van der Waals surface area (Å²) in [4.78, 5) is 0.111. The maximum atomic E-state index is 13.0. The van der Waals surface area contributed by atoms with E-state index in [0.717, 1.165) is 5.56 Å². The van der Waals surface area contributed by atoms with Gasteiger partial charge in [-0.1, -0.05) is 24.6 Å². The van der Waals surface area contributed by atoms with Crippen LogP contribution in [0.1, 0.15) is 29.9 Å². The molecule has 0 aliphatic carbocycles. The lowest BCUT2D eigenvalue weighted by Gasteiger charge is -2.17. The van der Waals surface area contributed by atoms with Gasteiger partial charge in [-0.3, -0.25) is 0 Å². The molecule has 138 valence electrons. The maximum Gasteiger partial charge on any atom is 0.276 e. The number of nitrogens with one attached hydrogen (secondary N) is 2. The van der Waals surface area contributed by atoms with E-state index in [9.17, 15) is 16.8 Å². The molecule has 0 amide bonds. The van der Waals surface area contributed by atoms with Gasteiger partial charge in [-0.05, 0) is 37.6 Å². The number of benzene rings is 1. The van der Waals surface area contributed by atoms with Crippen molar-refractivity contribution in [2.45, 2.75) is 30.4 Å². The van der Waals surface area contributed by atoms with E-state index in [1.807, 2.05) is 13.8 Å². The van der Waals surface area contributed by atoms with Gasteiger partial charge in [0.05, 0.1) is 11.2 Å². The third-order valence-electron chi connectivity index (χ3n) is 3.59. The molecule has 2 aromatic rings. The van der Waals surface area contributed by atoms with E-state index in [2.05, 4.69) is 9.44 Å². The number of hydrogen-bond donors (Lipinski definition) is 2. The minimum absolute atomic E-state index is 0.111.